The Bertz CT molecular complexity index is 2180. The Balaban J connectivity index is 1.27. The molecule has 0 saturated carbocycles. The molecule has 0 aliphatic heterocycles. The van der Waals surface area contributed by atoms with Crippen molar-refractivity contribution in [2.45, 2.75) is 36.4 Å². The first-order valence-electron chi connectivity index (χ1n) is 19.7. The predicted octanol–water partition coefficient (Wildman–Crippen LogP) is 8.30. The van der Waals surface area contributed by atoms with E-state index in [4.69, 9.17) is 0 Å². The molecule has 3 amide bonds. The quantitative estimate of drug-likeness (QED) is 0.0616. The highest BCUT2D eigenvalue weighted by atomic mass is 16.3. The molecule has 9 heteroatoms. The van der Waals surface area contributed by atoms with Crippen molar-refractivity contribution in [3.63, 3.8) is 0 Å². The summed E-state index contributed by atoms with van der Waals surface area (Å²) < 4.78 is 0. The van der Waals surface area contributed by atoms with Crippen molar-refractivity contribution >= 4 is 17.7 Å². The molecule has 0 aliphatic carbocycles. The van der Waals surface area contributed by atoms with Crippen molar-refractivity contribution in [3.8, 4) is 0 Å². The largest absolute Gasteiger partial charge is 0.386 e. The van der Waals surface area contributed by atoms with Crippen LogP contribution in [0, 0.1) is 0 Å². The molecule has 7 rings (SSSR count). The lowest BCUT2D eigenvalue weighted by Gasteiger charge is -2.27. The average molecular weight is 796 g/mol. The smallest absolute Gasteiger partial charge is 0.251 e. The number of carbonyl (C=O) groups is 3. The zero-order valence-corrected chi connectivity index (χ0v) is 32.6. The maximum absolute atomic E-state index is 14.4. The van der Waals surface area contributed by atoms with Crippen LogP contribution in [0.1, 0.15) is 101 Å². The summed E-state index contributed by atoms with van der Waals surface area (Å²) in [5.41, 5.74) is 3.53. The lowest BCUT2D eigenvalue weighted by atomic mass is 9.94. The van der Waals surface area contributed by atoms with E-state index >= 15 is 0 Å². The molecule has 0 unspecified atom stereocenters. The van der Waals surface area contributed by atoms with E-state index in [0.29, 0.717) is 33.4 Å². The van der Waals surface area contributed by atoms with Gasteiger partial charge in [0.05, 0.1) is 18.1 Å². The number of aliphatic hydroxyl groups excluding tert-OH is 3. The molecule has 6 N–H and O–H groups in total. The molecule has 0 fully saturated rings. The van der Waals surface area contributed by atoms with Crippen LogP contribution in [0.15, 0.2) is 200 Å². The summed E-state index contributed by atoms with van der Waals surface area (Å²) in [6, 6.07) is 55.3. The number of hydrogen-bond acceptors (Lipinski definition) is 6. The van der Waals surface area contributed by atoms with E-state index in [0.717, 1.165) is 0 Å². The van der Waals surface area contributed by atoms with Crippen LogP contribution in [-0.2, 0) is 0 Å². The average Bonchev–Trinajstić information content (AvgIpc) is 3.32. The number of rotatable bonds is 15. The topological polar surface area (TPSA) is 148 Å². The van der Waals surface area contributed by atoms with Gasteiger partial charge in [-0.3, -0.25) is 14.4 Å². The molecule has 0 spiro atoms. The molecule has 300 valence electrons. The van der Waals surface area contributed by atoms with Crippen LogP contribution in [0.4, 0.5) is 0 Å². The fraction of sp³-hybridized carbons (Fsp3) is 0.118. The lowest BCUT2D eigenvalue weighted by molar-refractivity contribution is 0.0825. The number of nitrogens with one attached hydrogen (secondary N) is 3. The second-order valence-electron chi connectivity index (χ2n) is 14.5. The molecule has 0 radical (unpaired) electrons. The second-order valence-corrected chi connectivity index (χ2v) is 14.5. The third kappa shape index (κ3) is 9.91. The second kappa shape index (κ2) is 19.5. The van der Waals surface area contributed by atoms with E-state index in [-0.39, 0.29) is 16.7 Å². The third-order valence-corrected chi connectivity index (χ3v) is 10.4. The Kier molecular flexibility index (Phi) is 13.3. The summed E-state index contributed by atoms with van der Waals surface area (Å²) in [6.07, 6.45) is -3.45. The van der Waals surface area contributed by atoms with Crippen LogP contribution < -0.4 is 16.0 Å². The Labute approximate surface area is 349 Å². The highest BCUT2D eigenvalue weighted by molar-refractivity contribution is 6.05. The molecule has 60 heavy (non-hydrogen) atoms. The number of benzene rings is 7. The number of amides is 3. The number of carbonyl (C=O) groups excluding carboxylic acids is 3. The van der Waals surface area contributed by atoms with Crippen molar-refractivity contribution in [2.24, 2.45) is 0 Å². The third-order valence-electron chi connectivity index (χ3n) is 10.4. The molecule has 6 atom stereocenters. The summed E-state index contributed by atoms with van der Waals surface area (Å²) in [5, 5.41) is 43.8. The Morgan fingerprint density at radius 1 is 0.300 bits per heavy atom. The van der Waals surface area contributed by atoms with Gasteiger partial charge >= 0.3 is 0 Å². The van der Waals surface area contributed by atoms with Crippen LogP contribution >= 0.6 is 0 Å². The first kappa shape index (κ1) is 41.0. The van der Waals surface area contributed by atoms with Crippen molar-refractivity contribution < 1.29 is 29.7 Å². The van der Waals surface area contributed by atoms with Crippen LogP contribution in [0.5, 0.6) is 0 Å². The molecular formula is C51H45N3O6. The zero-order valence-electron chi connectivity index (χ0n) is 32.6. The molecule has 0 aliphatic rings. The van der Waals surface area contributed by atoms with Crippen LogP contribution in [0.3, 0.4) is 0 Å². The van der Waals surface area contributed by atoms with E-state index in [9.17, 15) is 29.7 Å². The van der Waals surface area contributed by atoms with Crippen molar-refractivity contribution in [2.75, 3.05) is 0 Å². The van der Waals surface area contributed by atoms with Gasteiger partial charge in [-0.05, 0) is 51.6 Å². The monoisotopic (exact) mass is 795 g/mol. The van der Waals surface area contributed by atoms with Crippen LogP contribution in [-0.4, -0.2) is 33.0 Å². The van der Waals surface area contributed by atoms with Crippen LogP contribution in [0.2, 0.25) is 0 Å². The minimum atomic E-state index is -1.15. The van der Waals surface area contributed by atoms with E-state index in [2.05, 4.69) is 16.0 Å². The van der Waals surface area contributed by atoms with Gasteiger partial charge in [0.2, 0.25) is 0 Å². The normalized spacial score (nSPS) is 14.1. The van der Waals surface area contributed by atoms with Gasteiger partial charge in [-0.2, -0.15) is 0 Å². The molecule has 0 aromatic heterocycles. The molecule has 7 aromatic carbocycles. The molecule has 0 bridgehead atoms. The Hall–Kier alpha value is -7.17. The Morgan fingerprint density at radius 3 is 0.683 bits per heavy atom. The maximum Gasteiger partial charge on any atom is 0.251 e. The molecule has 0 heterocycles. The summed E-state index contributed by atoms with van der Waals surface area (Å²) in [4.78, 5) is 43.3. The highest BCUT2D eigenvalue weighted by Crippen LogP contribution is 2.32. The first-order chi connectivity index (χ1) is 29.3. The van der Waals surface area contributed by atoms with Gasteiger partial charge in [-0.25, -0.2) is 0 Å². The predicted molar refractivity (Wildman–Crippen MR) is 231 cm³/mol. The van der Waals surface area contributed by atoms with E-state index in [1.54, 1.807) is 146 Å². The van der Waals surface area contributed by atoms with Gasteiger partial charge in [-0.1, -0.05) is 182 Å². The Morgan fingerprint density at radius 2 is 0.483 bits per heavy atom. The molecule has 0 saturated heterocycles. The summed E-state index contributed by atoms with van der Waals surface area (Å²) in [7, 11) is 0. The highest BCUT2D eigenvalue weighted by Gasteiger charge is 2.30. The summed E-state index contributed by atoms with van der Waals surface area (Å²) >= 11 is 0. The number of aliphatic hydroxyl groups is 3. The van der Waals surface area contributed by atoms with Gasteiger partial charge in [0.15, 0.2) is 0 Å². The van der Waals surface area contributed by atoms with Gasteiger partial charge in [0, 0.05) is 16.7 Å². The minimum absolute atomic E-state index is 0.0336. The number of hydrogen-bond donors (Lipinski definition) is 6. The van der Waals surface area contributed by atoms with Crippen LogP contribution in [0.25, 0.3) is 0 Å². The van der Waals surface area contributed by atoms with Crippen molar-refractivity contribution in [1.82, 2.24) is 16.0 Å². The van der Waals surface area contributed by atoms with E-state index < -0.39 is 54.2 Å². The van der Waals surface area contributed by atoms with E-state index in [1.807, 2.05) is 36.4 Å². The first-order valence-corrected chi connectivity index (χ1v) is 19.7. The SMILES string of the molecule is O=C(N[C@@H](c1ccccc1)[C@H](O)c1ccccc1)c1cc(C(=O)N[C@@H](c2ccccc2)[C@H](O)c2ccccc2)cc(C(=O)N[C@@H](c2ccccc2)[C@H](O)c2ccccc2)c1. The maximum atomic E-state index is 14.4. The summed E-state index contributed by atoms with van der Waals surface area (Å²) in [5.74, 6) is -1.97. The minimum Gasteiger partial charge on any atom is -0.386 e. The fourth-order valence-corrected chi connectivity index (χ4v) is 7.24. The van der Waals surface area contributed by atoms with Gasteiger partial charge in [0.25, 0.3) is 17.7 Å². The van der Waals surface area contributed by atoms with Crippen molar-refractivity contribution in [3.05, 3.63) is 250 Å². The van der Waals surface area contributed by atoms with Crippen molar-refractivity contribution in [1.29, 1.82) is 0 Å². The fourth-order valence-electron chi connectivity index (χ4n) is 7.24. The van der Waals surface area contributed by atoms with Gasteiger partial charge < -0.3 is 31.3 Å². The molecule has 9 nitrogen and oxygen atoms in total. The van der Waals surface area contributed by atoms with E-state index in [1.165, 1.54) is 18.2 Å². The standard InChI is InChI=1S/C51H45N3O6/c55-46(37-25-13-4-14-26-37)43(34-19-7-1-8-20-34)52-49(58)40-31-41(50(59)53-44(35-21-9-2-10-22-35)47(56)38-27-15-5-16-28-38)33-42(32-40)51(60)54-45(36-23-11-3-12-24-36)48(57)39-29-17-6-18-30-39/h1-33,43-48,55-57H,(H,52,58)(H,53,59)(H,54,60)/t43-,44-,45-,46+,47+,48+/m0/s1. The van der Waals surface area contributed by atoms with Gasteiger partial charge in [-0.15, -0.1) is 0 Å². The lowest BCUT2D eigenvalue weighted by Crippen LogP contribution is -2.35. The van der Waals surface area contributed by atoms with Gasteiger partial charge in [0.1, 0.15) is 18.3 Å². The molecule has 7 aromatic rings. The zero-order chi connectivity index (χ0) is 41.8. The molecular weight excluding hydrogens is 751 g/mol. The summed E-state index contributed by atoms with van der Waals surface area (Å²) in [6.45, 7) is 0.